The topological polar surface area (TPSA) is 70.5 Å². The molecule has 0 aromatic heterocycles. The molecule has 0 radical (unpaired) electrons. The molecule has 0 saturated carbocycles. The van der Waals surface area contributed by atoms with E-state index < -0.39 is 0 Å². The molecule has 1 fully saturated rings. The van der Waals surface area contributed by atoms with Crippen LogP contribution in [0.2, 0.25) is 0 Å². The van der Waals surface area contributed by atoms with Crippen molar-refractivity contribution >= 4 is 0 Å². The van der Waals surface area contributed by atoms with Crippen LogP contribution in [0.4, 0.5) is 0 Å². The summed E-state index contributed by atoms with van der Waals surface area (Å²) in [5.41, 5.74) is 12.4. The van der Waals surface area contributed by atoms with Crippen molar-refractivity contribution in [1.82, 2.24) is 0 Å². The summed E-state index contributed by atoms with van der Waals surface area (Å²) < 4.78 is 10.7. The van der Waals surface area contributed by atoms with Crippen LogP contribution < -0.4 is 11.5 Å². The smallest absolute Gasteiger partial charge is 0.166 e. The summed E-state index contributed by atoms with van der Waals surface area (Å²) in [4.78, 5) is 0. The number of ether oxygens (including phenoxy) is 2. The molecule has 1 saturated heterocycles. The molecule has 22 heavy (non-hydrogen) atoms. The molecule has 2 aliphatic heterocycles. The summed E-state index contributed by atoms with van der Waals surface area (Å²) in [6, 6.07) is 0.195. The zero-order valence-corrected chi connectivity index (χ0v) is 13.9. The summed E-state index contributed by atoms with van der Waals surface area (Å²) in [6.45, 7) is 10.1. The van der Waals surface area contributed by atoms with E-state index in [9.17, 15) is 0 Å². The Morgan fingerprint density at radius 2 is 2.05 bits per heavy atom. The van der Waals surface area contributed by atoms with Crippen molar-refractivity contribution in [1.29, 1.82) is 0 Å². The fourth-order valence-corrected chi connectivity index (χ4v) is 2.36. The lowest BCUT2D eigenvalue weighted by atomic mass is 9.88. The van der Waals surface area contributed by atoms with Crippen LogP contribution in [0, 0.1) is 5.92 Å². The van der Waals surface area contributed by atoms with Gasteiger partial charge in [-0.2, -0.15) is 0 Å². The highest BCUT2D eigenvalue weighted by Crippen LogP contribution is 2.26. The molecular formula is C18H30N2O2. The lowest BCUT2D eigenvalue weighted by Gasteiger charge is -2.37. The van der Waals surface area contributed by atoms with Gasteiger partial charge in [0, 0.05) is 6.04 Å². The number of hydrogen-bond acceptors (Lipinski definition) is 4. The zero-order chi connectivity index (χ0) is 16.5. The largest absolute Gasteiger partial charge is 0.480 e. The summed E-state index contributed by atoms with van der Waals surface area (Å²) in [5, 5.41) is 0. The molecule has 2 aliphatic rings. The Morgan fingerprint density at radius 1 is 1.32 bits per heavy atom. The Morgan fingerprint density at radius 3 is 2.55 bits per heavy atom. The van der Waals surface area contributed by atoms with Crippen molar-refractivity contribution < 1.29 is 9.47 Å². The second-order valence-electron chi connectivity index (χ2n) is 5.96. The summed E-state index contributed by atoms with van der Waals surface area (Å²) in [5.74, 6) is 0.546. The number of hydrogen-bond donors (Lipinski definition) is 2. The number of rotatable bonds is 3. The first-order chi connectivity index (χ1) is 10.4. The molecule has 124 valence electrons. The standard InChI is InChI=1S/C13H23NO.C5H7NO/c1-5-9(2)6-7-13-10(3)8-12(14)11(4)15-13;6-5-3-1-2-4-7-5/h5-6,10-13H,1,7-8,14H2,2-4H3;1-5H,6H2/b9-6+;/t10-,11+,12+,13-;/m0./s1. The zero-order valence-electron chi connectivity index (χ0n) is 13.9. The molecule has 5 atom stereocenters. The summed E-state index contributed by atoms with van der Waals surface area (Å²) in [6.07, 6.45) is 13.4. The van der Waals surface area contributed by atoms with Crippen LogP contribution in [0.25, 0.3) is 0 Å². The van der Waals surface area contributed by atoms with Crippen molar-refractivity contribution in [2.75, 3.05) is 0 Å². The molecule has 4 N–H and O–H groups in total. The summed E-state index contributed by atoms with van der Waals surface area (Å²) in [7, 11) is 0. The van der Waals surface area contributed by atoms with E-state index in [-0.39, 0.29) is 18.4 Å². The van der Waals surface area contributed by atoms with E-state index in [0.29, 0.717) is 12.0 Å². The van der Waals surface area contributed by atoms with Crippen LogP contribution >= 0.6 is 0 Å². The van der Waals surface area contributed by atoms with Crippen LogP contribution in [0.3, 0.4) is 0 Å². The Labute approximate surface area is 134 Å². The quantitative estimate of drug-likeness (QED) is 0.786. The molecule has 4 nitrogen and oxygen atoms in total. The van der Waals surface area contributed by atoms with Gasteiger partial charge in [-0.05, 0) is 44.8 Å². The average Bonchev–Trinajstić information content (AvgIpc) is 2.50. The van der Waals surface area contributed by atoms with E-state index >= 15 is 0 Å². The van der Waals surface area contributed by atoms with Gasteiger partial charge in [0.2, 0.25) is 0 Å². The van der Waals surface area contributed by atoms with Crippen LogP contribution in [-0.4, -0.2) is 24.5 Å². The Kier molecular flexibility index (Phi) is 8.17. The van der Waals surface area contributed by atoms with Gasteiger partial charge in [0.05, 0.1) is 18.5 Å². The van der Waals surface area contributed by atoms with Crippen LogP contribution in [0.5, 0.6) is 0 Å². The van der Waals surface area contributed by atoms with Crippen molar-refractivity contribution in [2.45, 2.75) is 58.1 Å². The van der Waals surface area contributed by atoms with E-state index in [1.807, 2.05) is 12.2 Å². The van der Waals surface area contributed by atoms with Gasteiger partial charge >= 0.3 is 0 Å². The van der Waals surface area contributed by atoms with Crippen molar-refractivity contribution in [2.24, 2.45) is 17.4 Å². The molecule has 2 rings (SSSR count). The third kappa shape index (κ3) is 6.60. The maximum Gasteiger partial charge on any atom is 0.166 e. The molecule has 0 amide bonds. The highest BCUT2D eigenvalue weighted by molar-refractivity contribution is 5.13. The first-order valence-corrected chi connectivity index (χ1v) is 7.88. The van der Waals surface area contributed by atoms with E-state index in [1.54, 1.807) is 18.4 Å². The lowest BCUT2D eigenvalue weighted by molar-refractivity contribution is -0.0784. The monoisotopic (exact) mass is 306 g/mol. The molecule has 0 spiro atoms. The molecule has 2 heterocycles. The Bertz CT molecular complexity index is 429. The van der Waals surface area contributed by atoms with Crippen molar-refractivity contribution in [3.63, 3.8) is 0 Å². The van der Waals surface area contributed by atoms with Crippen LogP contribution in [-0.2, 0) is 9.47 Å². The molecule has 4 heteroatoms. The van der Waals surface area contributed by atoms with Gasteiger partial charge in [-0.1, -0.05) is 37.3 Å². The van der Waals surface area contributed by atoms with Crippen LogP contribution in [0.1, 0.15) is 33.6 Å². The Hall–Kier alpha value is -1.36. The predicted molar refractivity (Wildman–Crippen MR) is 92.0 cm³/mol. The van der Waals surface area contributed by atoms with Gasteiger partial charge in [0.1, 0.15) is 0 Å². The Balaban J connectivity index is 0.000000287. The van der Waals surface area contributed by atoms with Gasteiger partial charge in [0.25, 0.3) is 0 Å². The normalized spacial score (nSPS) is 34.4. The minimum Gasteiger partial charge on any atom is -0.480 e. The molecule has 0 aromatic rings. The predicted octanol–water partition coefficient (Wildman–Crippen LogP) is 3.02. The third-order valence-corrected chi connectivity index (χ3v) is 3.99. The van der Waals surface area contributed by atoms with Crippen molar-refractivity contribution in [3.05, 3.63) is 48.8 Å². The number of nitrogens with two attached hydrogens (primary N) is 2. The minimum absolute atomic E-state index is 0.184. The fourth-order valence-electron chi connectivity index (χ4n) is 2.36. The fraction of sp³-hybridized carbons (Fsp3) is 0.556. The van der Waals surface area contributed by atoms with Gasteiger partial charge in [-0.25, -0.2) is 0 Å². The van der Waals surface area contributed by atoms with E-state index in [2.05, 4.69) is 33.4 Å². The van der Waals surface area contributed by atoms with Gasteiger partial charge in [-0.3, -0.25) is 5.73 Å². The highest BCUT2D eigenvalue weighted by Gasteiger charge is 2.30. The second-order valence-corrected chi connectivity index (χ2v) is 5.96. The van der Waals surface area contributed by atoms with Crippen LogP contribution in [0.15, 0.2) is 48.8 Å². The average molecular weight is 306 g/mol. The molecule has 0 aliphatic carbocycles. The van der Waals surface area contributed by atoms with E-state index in [0.717, 1.165) is 12.8 Å². The maximum absolute atomic E-state index is 5.96. The molecule has 0 aromatic carbocycles. The van der Waals surface area contributed by atoms with Gasteiger partial charge < -0.3 is 15.2 Å². The molecule has 1 unspecified atom stereocenters. The third-order valence-electron chi connectivity index (χ3n) is 3.99. The first-order valence-electron chi connectivity index (χ1n) is 7.88. The highest BCUT2D eigenvalue weighted by atomic mass is 16.5. The molecular weight excluding hydrogens is 276 g/mol. The van der Waals surface area contributed by atoms with Gasteiger partial charge in [-0.15, -0.1) is 0 Å². The SMILES string of the molecule is C=C/C(C)=C/C[C@@H]1O[C@H](C)[C@H](N)C[C@@H]1C.NC1C=CC=CO1. The van der Waals surface area contributed by atoms with Crippen molar-refractivity contribution in [3.8, 4) is 0 Å². The summed E-state index contributed by atoms with van der Waals surface area (Å²) >= 11 is 0. The number of allylic oxidation sites excluding steroid dienone is 4. The van der Waals surface area contributed by atoms with Gasteiger partial charge in [0.15, 0.2) is 6.23 Å². The first kappa shape index (κ1) is 18.7. The second kappa shape index (κ2) is 9.62. The lowest BCUT2D eigenvalue weighted by Crippen LogP contribution is -2.46. The minimum atomic E-state index is -0.231. The molecule has 0 bridgehead atoms. The maximum atomic E-state index is 5.96. The van der Waals surface area contributed by atoms with E-state index in [1.165, 1.54) is 5.57 Å². The van der Waals surface area contributed by atoms with E-state index in [4.69, 9.17) is 20.9 Å².